The normalized spacial score (nSPS) is 18.8. The zero-order valence-electron chi connectivity index (χ0n) is 31.2. The summed E-state index contributed by atoms with van der Waals surface area (Å²) >= 11 is 0. The van der Waals surface area contributed by atoms with Crippen molar-refractivity contribution in [3.8, 4) is 5.75 Å². The van der Waals surface area contributed by atoms with Crippen molar-refractivity contribution in [1.82, 2.24) is 24.9 Å². The van der Waals surface area contributed by atoms with Crippen molar-refractivity contribution in [2.75, 3.05) is 57.9 Å². The number of anilines is 1. The van der Waals surface area contributed by atoms with Gasteiger partial charge in [0.15, 0.2) is 5.82 Å². The smallest absolute Gasteiger partial charge is 0.410 e. The van der Waals surface area contributed by atoms with Crippen LogP contribution in [-0.2, 0) is 20.8 Å². The highest BCUT2D eigenvalue weighted by Gasteiger charge is 2.33. The molecule has 14 heteroatoms. The minimum atomic E-state index is -0.714. The van der Waals surface area contributed by atoms with Crippen molar-refractivity contribution in [3.63, 3.8) is 0 Å². The van der Waals surface area contributed by atoms with Gasteiger partial charge in [-0.15, -0.1) is 0 Å². The Morgan fingerprint density at radius 2 is 1.83 bits per heavy atom. The molecule has 0 aliphatic carbocycles. The van der Waals surface area contributed by atoms with Crippen LogP contribution >= 0.6 is 0 Å². The fourth-order valence-corrected chi connectivity index (χ4v) is 6.14. The molecule has 0 radical (unpaired) electrons. The first-order valence-electron chi connectivity index (χ1n) is 17.8. The number of ether oxygens (including phenoxy) is 4. The summed E-state index contributed by atoms with van der Waals surface area (Å²) in [5.41, 5.74) is 1.42. The van der Waals surface area contributed by atoms with Gasteiger partial charge in [0.2, 0.25) is 0 Å². The fourth-order valence-electron chi connectivity index (χ4n) is 6.14. The summed E-state index contributed by atoms with van der Waals surface area (Å²) in [6.07, 6.45) is 0.358. The van der Waals surface area contributed by atoms with Gasteiger partial charge in [0, 0.05) is 63.1 Å². The molecule has 2 aliphatic rings. The van der Waals surface area contributed by atoms with Gasteiger partial charge >= 0.3 is 6.09 Å². The second-order valence-electron chi connectivity index (χ2n) is 14.3. The summed E-state index contributed by atoms with van der Waals surface area (Å²) in [7, 11) is 0. The Hall–Kier alpha value is -4.53. The Morgan fingerprint density at radius 1 is 1.04 bits per heavy atom. The highest BCUT2D eigenvalue weighted by Crippen LogP contribution is 2.31. The number of carbonyl (C=O) groups is 3. The quantitative estimate of drug-likeness (QED) is 0.277. The minimum absolute atomic E-state index is 0.132. The number of halogens is 1. The van der Waals surface area contributed by atoms with E-state index in [1.165, 1.54) is 12.1 Å². The predicted molar refractivity (Wildman–Crippen MR) is 193 cm³/mol. The molecule has 3 amide bonds. The Labute approximate surface area is 304 Å². The molecule has 2 aromatic carbocycles. The molecule has 3 heterocycles. The maximum atomic E-state index is 15.0. The molecule has 5 rings (SSSR count). The van der Waals surface area contributed by atoms with Gasteiger partial charge in [-0.05, 0) is 83.4 Å². The van der Waals surface area contributed by atoms with Crippen molar-refractivity contribution >= 4 is 23.7 Å². The monoisotopic (exact) mass is 722 g/mol. The molecule has 2 fully saturated rings. The number of piperazine rings is 1. The Morgan fingerprint density at radius 3 is 2.48 bits per heavy atom. The zero-order valence-corrected chi connectivity index (χ0v) is 31.2. The average Bonchev–Trinajstić information content (AvgIpc) is 3.55. The SMILES string of the molecule is CCn1ccc(NC(=O)c2cc(C(=O)NC[C@@H]3COCCO3)c(O[C@H](CN3CCN(C(=O)OC(C)(C)C)[C@H](C)C3)c3ccc(C)c(F)c3)cc2C)n1. The van der Waals surface area contributed by atoms with E-state index in [-0.39, 0.29) is 47.5 Å². The zero-order chi connectivity index (χ0) is 37.6. The van der Waals surface area contributed by atoms with Crippen LogP contribution in [0.4, 0.5) is 15.0 Å². The van der Waals surface area contributed by atoms with Crippen LogP contribution in [0, 0.1) is 19.7 Å². The summed E-state index contributed by atoms with van der Waals surface area (Å²) in [6, 6.07) is 9.68. The lowest BCUT2D eigenvalue weighted by atomic mass is 10.0. The van der Waals surface area contributed by atoms with Gasteiger partial charge in [-0.3, -0.25) is 19.2 Å². The molecular weight excluding hydrogens is 671 g/mol. The molecule has 282 valence electrons. The van der Waals surface area contributed by atoms with Gasteiger partial charge in [0.25, 0.3) is 11.8 Å². The molecule has 2 saturated heterocycles. The Bertz CT molecular complexity index is 1730. The first-order chi connectivity index (χ1) is 24.7. The maximum Gasteiger partial charge on any atom is 0.410 e. The van der Waals surface area contributed by atoms with Gasteiger partial charge in [0.1, 0.15) is 23.3 Å². The molecule has 0 spiro atoms. The standard InChI is InChI=1S/C38H51FN6O7/c1-8-44-12-11-34(42-44)41-36(47)29-19-30(35(46)40-20-28-23-49-15-16-50-28)32(17-25(29)3)51-33(27-10-9-24(2)31(39)18-27)22-43-13-14-45(26(4)21-43)37(48)52-38(5,6)7/h9-12,17-19,26,28,33H,8,13-16,20-23H2,1-7H3,(H,40,46)(H,41,42,47)/t26-,28-,33-/m1/s1. The topological polar surface area (TPSA) is 136 Å². The number of aryl methyl sites for hydroxylation is 3. The first-order valence-corrected chi connectivity index (χ1v) is 17.8. The summed E-state index contributed by atoms with van der Waals surface area (Å²) in [5, 5.41) is 10.1. The molecule has 2 N–H and O–H groups in total. The fraction of sp³-hybridized carbons (Fsp3) is 0.526. The number of carbonyl (C=O) groups excluding carboxylic acids is 3. The van der Waals surface area contributed by atoms with E-state index in [2.05, 4.69) is 20.6 Å². The first kappa shape index (κ1) is 38.7. The highest BCUT2D eigenvalue weighted by atomic mass is 19.1. The summed E-state index contributed by atoms with van der Waals surface area (Å²) in [6.45, 7) is 16.8. The molecule has 52 heavy (non-hydrogen) atoms. The van der Waals surface area contributed by atoms with Crippen LogP contribution in [0.3, 0.4) is 0 Å². The summed E-state index contributed by atoms with van der Waals surface area (Å²) in [4.78, 5) is 44.2. The molecule has 0 unspecified atom stereocenters. The van der Waals surface area contributed by atoms with Crippen molar-refractivity contribution in [1.29, 1.82) is 0 Å². The number of nitrogens with zero attached hydrogens (tertiary/aromatic N) is 4. The number of hydrogen-bond donors (Lipinski definition) is 2. The maximum absolute atomic E-state index is 15.0. The molecule has 0 saturated carbocycles. The van der Waals surface area contributed by atoms with Crippen LogP contribution in [0.5, 0.6) is 5.75 Å². The molecule has 2 aliphatic heterocycles. The second-order valence-corrected chi connectivity index (χ2v) is 14.3. The number of benzene rings is 2. The van der Waals surface area contributed by atoms with E-state index in [1.807, 2.05) is 40.7 Å². The lowest BCUT2D eigenvalue weighted by Crippen LogP contribution is -2.55. The highest BCUT2D eigenvalue weighted by molar-refractivity contribution is 6.07. The van der Waals surface area contributed by atoms with Gasteiger partial charge in [0.05, 0.1) is 31.5 Å². The third kappa shape index (κ3) is 10.1. The lowest BCUT2D eigenvalue weighted by molar-refractivity contribution is -0.0855. The van der Waals surface area contributed by atoms with Crippen LogP contribution in [0.15, 0.2) is 42.6 Å². The van der Waals surface area contributed by atoms with Crippen LogP contribution in [0.1, 0.15) is 78.1 Å². The Balaban J connectivity index is 1.44. The van der Waals surface area contributed by atoms with E-state index in [4.69, 9.17) is 18.9 Å². The molecular formula is C38H51FN6O7. The number of rotatable bonds is 11. The van der Waals surface area contributed by atoms with Crippen molar-refractivity contribution in [3.05, 3.63) is 76.2 Å². The third-order valence-electron chi connectivity index (χ3n) is 9.00. The number of nitrogens with one attached hydrogen (secondary N) is 2. The van der Waals surface area contributed by atoms with Gasteiger partial charge in [-0.2, -0.15) is 5.10 Å². The number of amides is 3. The molecule has 0 bridgehead atoms. The van der Waals surface area contributed by atoms with Gasteiger partial charge in [-0.1, -0.05) is 12.1 Å². The van der Waals surface area contributed by atoms with Crippen molar-refractivity contribution < 1.29 is 37.7 Å². The average molecular weight is 723 g/mol. The van der Waals surface area contributed by atoms with Crippen LogP contribution in [0.25, 0.3) is 0 Å². The molecule has 13 nitrogen and oxygen atoms in total. The summed E-state index contributed by atoms with van der Waals surface area (Å²) in [5.74, 6) is -0.668. The largest absolute Gasteiger partial charge is 0.484 e. The van der Waals surface area contributed by atoms with Gasteiger partial charge in [-0.25, -0.2) is 9.18 Å². The Kier molecular flexibility index (Phi) is 12.6. The van der Waals surface area contributed by atoms with Crippen molar-refractivity contribution in [2.24, 2.45) is 0 Å². The van der Waals surface area contributed by atoms with E-state index in [9.17, 15) is 14.4 Å². The molecule has 3 aromatic rings. The van der Waals surface area contributed by atoms with E-state index < -0.39 is 23.5 Å². The minimum Gasteiger partial charge on any atom is -0.484 e. The predicted octanol–water partition coefficient (Wildman–Crippen LogP) is 5.12. The number of aromatic nitrogens is 2. The van der Waals surface area contributed by atoms with Crippen LogP contribution < -0.4 is 15.4 Å². The third-order valence-corrected chi connectivity index (χ3v) is 9.00. The number of hydrogen-bond acceptors (Lipinski definition) is 9. The summed E-state index contributed by atoms with van der Waals surface area (Å²) < 4.78 is 40.2. The van der Waals surface area contributed by atoms with Crippen LogP contribution in [-0.4, -0.2) is 108 Å². The van der Waals surface area contributed by atoms with E-state index in [0.29, 0.717) is 75.1 Å². The van der Waals surface area contributed by atoms with E-state index in [0.717, 1.165) is 0 Å². The lowest BCUT2D eigenvalue weighted by Gasteiger charge is -2.41. The van der Waals surface area contributed by atoms with E-state index >= 15 is 4.39 Å². The van der Waals surface area contributed by atoms with Crippen molar-refractivity contribution in [2.45, 2.75) is 78.9 Å². The second kappa shape index (κ2) is 16.9. The van der Waals surface area contributed by atoms with Gasteiger partial charge < -0.3 is 34.5 Å². The van der Waals surface area contributed by atoms with E-state index in [1.54, 1.807) is 47.8 Å². The van der Waals surface area contributed by atoms with Crippen LogP contribution in [0.2, 0.25) is 0 Å². The molecule has 3 atom stereocenters. The molecule has 1 aromatic heterocycles.